The van der Waals surface area contributed by atoms with Crippen LogP contribution in [0.15, 0.2) is 0 Å². The summed E-state index contributed by atoms with van der Waals surface area (Å²) in [5.41, 5.74) is 5.57. The topological polar surface area (TPSA) is 192 Å². The van der Waals surface area contributed by atoms with Crippen LogP contribution >= 0.6 is 0 Å². The van der Waals surface area contributed by atoms with Gasteiger partial charge in [-0.25, -0.2) is 0 Å². The molecular formula is C27H50NNaO9S2. The maximum atomic E-state index is 11.9. The molecule has 0 aliphatic heterocycles. The summed E-state index contributed by atoms with van der Waals surface area (Å²) >= 11 is 0.699. The van der Waals surface area contributed by atoms with Crippen LogP contribution < -0.4 is 5.73 Å². The van der Waals surface area contributed by atoms with Gasteiger partial charge in [-0.05, 0) is 0 Å². The van der Waals surface area contributed by atoms with E-state index < -0.39 is 20.5 Å². The molecule has 13 heteroatoms. The number of hydrogen-bond donors (Lipinski definition) is 5. The Hall–Kier alpha value is 0.370. The molecule has 4 aliphatic carbocycles. The van der Waals surface area contributed by atoms with Gasteiger partial charge in [-0.2, -0.15) is 16.8 Å². The molecule has 6 N–H and O–H groups in total. The molecule has 0 amide bonds. The Morgan fingerprint density at radius 1 is 0.950 bits per heavy atom. The molecule has 10 nitrogen and oxygen atoms in total. The molecule has 0 aromatic carbocycles. The molecule has 0 heterocycles. The standard InChI is InChI=1S/C25H41O2.C2H7NO3S.Na.H2O4S/c1-5-17-19-8-6-7-13-24(19,3)21-11-14-25(4)18(16(2)12-15-26)9-10-20(25)22(21)23(17)27;3-1-2-7(4,5)6;;1-5(2,3)4/h16-23,27H,5-14H2,1-4H3;1-3H2,(H,4,5,6);;(H2,1,2,3,4)/t16-,17-,18-,19+,20?,21?,22?,23-,24+,25-;;;/m1.../s1. The van der Waals surface area contributed by atoms with Gasteiger partial charge in [0.05, 0.1) is 5.75 Å². The molecule has 4 fully saturated rings. The number of rotatable bonds is 6. The third kappa shape index (κ3) is 8.95. The van der Waals surface area contributed by atoms with Gasteiger partial charge in [0.25, 0.3) is 10.1 Å². The smallest absolute Gasteiger partial charge is 0.329 e. The summed E-state index contributed by atoms with van der Waals surface area (Å²) in [5, 5.41) is 11.7. The van der Waals surface area contributed by atoms with Gasteiger partial charge in [0.15, 0.2) is 0 Å². The fraction of sp³-hybridized carbons (Fsp3) is 0.963. The first-order valence-electron chi connectivity index (χ1n) is 14.8. The SMILES string of the molecule is CC[C@H]1[C@@H](O)C2C3CC[C@H]([C@H](C)C[C](=O)[Na])[C@@]3(C)CCC2[C@@]2(C)CCCC[C@@H]12.NCCS(=O)(=O)O.O=S(=O)(O)O. The summed E-state index contributed by atoms with van der Waals surface area (Å²) in [7, 11) is -8.47. The zero-order chi connectivity index (χ0) is 30.7. The number of aliphatic hydroxyl groups is 1. The number of aliphatic hydroxyl groups excluding tert-OH is 1. The summed E-state index contributed by atoms with van der Waals surface area (Å²) in [6, 6.07) is 0. The Morgan fingerprint density at radius 2 is 1.52 bits per heavy atom. The molecule has 3 unspecified atom stereocenters. The van der Waals surface area contributed by atoms with Crippen molar-refractivity contribution in [3.8, 4) is 0 Å². The van der Waals surface area contributed by atoms with Crippen LogP contribution in [0.2, 0.25) is 0 Å². The molecule has 40 heavy (non-hydrogen) atoms. The summed E-state index contributed by atoms with van der Waals surface area (Å²) in [6.45, 7) is 9.79. The van der Waals surface area contributed by atoms with Crippen LogP contribution in [0, 0.1) is 52.3 Å². The van der Waals surface area contributed by atoms with Gasteiger partial charge >= 0.3 is 202 Å². The van der Waals surface area contributed by atoms with Crippen molar-refractivity contribution in [2.45, 2.75) is 98.0 Å². The second-order valence-corrected chi connectivity index (χ2v) is 16.9. The van der Waals surface area contributed by atoms with Crippen LogP contribution in [-0.4, -0.2) is 85.0 Å². The minimum atomic E-state index is -4.67. The van der Waals surface area contributed by atoms with Gasteiger partial charge in [-0.15, -0.1) is 0 Å². The van der Waals surface area contributed by atoms with Gasteiger partial charge in [0.1, 0.15) is 0 Å². The van der Waals surface area contributed by atoms with Crippen LogP contribution in [-0.2, 0) is 25.3 Å². The van der Waals surface area contributed by atoms with Crippen LogP contribution in [0.5, 0.6) is 0 Å². The van der Waals surface area contributed by atoms with Gasteiger partial charge in [0, 0.05) is 6.54 Å². The van der Waals surface area contributed by atoms with Crippen molar-refractivity contribution in [1.29, 1.82) is 0 Å². The molecular weight excluding hydrogens is 569 g/mol. The fourth-order valence-corrected chi connectivity index (χ4v) is 10.7. The van der Waals surface area contributed by atoms with Crippen LogP contribution in [0.1, 0.15) is 91.9 Å². The predicted molar refractivity (Wildman–Crippen MR) is 155 cm³/mol. The Labute approximate surface area is 258 Å². The van der Waals surface area contributed by atoms with Crippen molar-refractivity contribution >= 4 is 51.5 Å². The third-order valence-electron chi connectivity index (χ3n) is 11.1. The van der Waals surface area contributed by atoms with Crippen LogP contribution in [0.4, 0.5) is 0 Å². The van der Waals surface area contributed by atoms with Crippen molar-refractivity contribution in [1.82, 2.24) is 0 Å². The van der Waals surface area contributed by atoms with E-state index in [-0.39, 0.29) is 18.4 Å². The summed E-state index contributed by atoms with van der Waals surface area (Å²) < 4.78 is 59.4. The van der Waals surface area contributed by atoms with E-state index in [2.05, 4.69) is 27.7 Å². The quantitative estimate of drug-likeness (QED) is 0.217. The zero-order valence-electron chi connectivity index (χ0n) is 24.8. The molecule has 230 valence electrons. The molecule has 0 spiro atoms. The first kappa shape index (κ1) is 36.6. The van der Waals surface area contributed by atoms with E-state index in [1.807, 2.05) is 0 Å². The first-order valence-corrected chi connectivity index (χ1v) is 18.8. The molecule has 0 saturated heterocycles. The number of carbonyl (C=O) groups excluding carboxylic acids is 1. The Balaban J connectivity index is 0.000000394. The van der Waals surface area contributed by atoms with Crippen molar-refractivity contribution in [3.63, 3.8) is 0 Å². The maximum absolute atomic E-state index is 11.9. The number of carbonyl (C=O) groups is 1. The van der Waals surface area contributed by atoms with Crippen LogP contribution in [0.3, 0.4) is 0 Å². The van der Waals surface area contributed by atoms with E-state index >= 15 is 0 Å². The van der Waals surface area contributed by atoms with E-state index in [1.54, 1.807) is 0 Å². The third-order valence-corrected chi connectivity index (χ3v) is 12.2. The minimum absolute atomic E-state index is 0.0289. The van der Waals surface area contributed by atoms with Crippen molar-refractivity contribution in [2.24, 2.45) is 58.0 Å². The van der Waals surface area contributed by atoms with E-state index in [0.717, 1.165) is 24.7 Å². The minimum Gasteiger partial charge on any atom is -0.329 e. The van der Waals surface area contributed by atoms with Crippen molar-refractivity contribution in [2.75, 3.05) is 12.3 Å². The van der Waals surface area contributed by atoms with E-state index in [0.29, 0.717) is 71.4 Å². The zero-order valence-corrected chi connectivity index (χ0v) is 28.5. The molecule has 0 bridgehead atoms. The van der Waals surface area contributed by atoms with E-state index in [1.165, 1.54) is 51.4 Å². The number of nitrogens with two attached hydrogens (primary N) is 1. The second kappa shape index (κ2) is 14.4. The van der Waals surface area contributed by atoms with Crippen LogP contribution in [0.25, 0.3) is 0 Å². The van der Waals surface area contributed by atoms with E-state index in [4.69, 9.17) is 27.8 Å². The maximum Gasteiger partial charge on any atom is 0.394 e. The molecule has 0 aromatic heterocycles. The Kier molecular flexibility index (Phi) is 13.2. The second-order valence-electron chi connectivity index (χ2n) is 13.3. The van der Waals surface area contributed by atoms with Gasteiger partial charge in [-0.1, -0.05) is 0 Å². The van der Waals surface area contributed by atoms with Gasteiger partial charge < -0.3 is 5.73 Å². The predicted octanol–water partition coefficient (Wildman–Crippen LogP) is 3.54. The fourth-order valence-electron chi connectivity index (χ4n) is 9.76. The van der Waals surface area contributed by atoms with Crippen molar-refractivity contribution < 1.29 is 40.4 Å². The van der Waals surface area contributed by atoms with Gasteiger partial charge in [0.2, 0.25) is 0 Å². The average Bonchev–Trinajstić information content (AvgIpc) is 3.15. The van der Waals surface area contributed by atoms with Crippen molar-refractivity contribution in [3.05, 3.63) is 0 Å². The molecule has 4 saturated carbocycles. The number of hydrogen-bond acceptors (Lipinski definition) is 7. The molecule has 0 radical (unpaired) electrons. The summed E-state index contributed by atoms with van der Waals surface area (Å²) in [4.78, 5) is 11.9. The molecule has 10 atom stereocenters. The molecule has 4 rings (SSSR count). The number of fused-ring (bicyclic) bond motifs is 5. The Bertz CT molecular complexity index is 1060. The normalized spacial score (nSPS) is 39.7. The molecule has 0 aromatic rings. The first-order chi connectivity index (χ1) is 18.3. The average molecular weight is 620 g/mol. The Morgan fingerprint density at radius 3 is 2.00 bits per heavy atom. The largest absolute Gasteiger partial charge is 0.394 e. The monoisotopic (exact) mass is 619 g/mol. The van der Waals surface area contributed by atoms with Gasteiger partial charge in [-0.3, -0.25) is 13.7 Å². The summed E-state index contributed by atoms with van der Waals surface area (Å²) in [6.07, 6.45) is 12.6. The van der Waals surface area contributed by atoms with E-state index in [9.17, 15) is 18.3 Å². The summed E-state index contributed by atoms with van der Waals surface area (Å²) in [5.74, 6) is 4.01. The molecule has 4 aliphatic rings.